The largest absolute Gasteiger partial charge is 0.311 e. The van der Waals surface area contributed by atoms with Gasteiger partial charge in [-0.1, -0.05) is 19.8 Å². The normalized spacial score (nSPS) is 11.3. The monoisotopic (exact) mass is 254 g/mol. The minimum absolute atomic E-state index is 1.02. The number of nitrogens with one attached hydrogen (secondary N) is 1. The van der Waals surface area contributed by atoms with E-state index in [1.165, 1.54) is 36.2 Å². The number of hydrogen-bond acceptors (Lipinski definition) is 3. The molecule has 0 fully saturated rings. The minimum Gasteiger partial charge on any atom is -0.311 e. The zero-order chi connectivity index (χ0) is 12.5. The van der Waals surface area contributed by atoms with E-state index < -0.39 is 0 Å². The predicted molar refractivity (Wildman–Crippen MR) is 77.8 cm³/mol. The first-order valence-corrected chi connectivity index (χ1v) is 7.54. The smallest absolute Gasteiger partial charge is 0.0302 e. The number of nitrogens with zero attached hydrogens (tertiary/aromatic N) is 1. The lowest BCUT2D eigenvalue weighted by molar-refractivity contribution is 0.323. The SMILES string of the molecule is CCCCCN(C)CCNCc1sccc1C. The van der Waals surface area contributed by atoms with Gasteiger partial charge in [0, 0.05) is 24.5 Å². The maximum atomic E-state index is 3.52. The summed E-state index contributed by atoms with van der Waals surface area (Å²) in [5, 5.41) is 5.69. The van der Waals surface area contributed by atoms with Crippen LogP contribution in [0.15, 0.2) is 11.4 Å². The Morgan fingerprint density at radius 2 is 2.12 bits per heavy atom. The summed E-state index contributed by atoms with van der Waals surface area (Å²) in [6, 6.07) is 2.19. The Kier molecular flexibility index (Phi) is 7.49. The van der Waals surface area contributed by atoms with Crippen molar-refractivity contribution in [3.05, 3.63) is 21.9 Å². The zero-order valence-corrected chi connectivity index (χ0v) is 12.3. The molecule has 17 heavy (non-hydrogen) atoms. The molecule has 1 N–H and O–H groups in total. The van der Waals surface area contributed by atoms with Gasteiger partial charge in [-0.05, 0) is 43.9 Å². The van der Waals surface area contributed by atoms with Gasteiger partial charge in [-0.25, -0.2) is 0 Å². The molecule has 0 saturated carbocycles. The maximum absolute atomic E-state index is 3.52. The third-order valence-electron chi connectivity index (χ3n) is 3.07. The fourth-order valence-corrected chi connectivity index (χ4v) is 2.68. The summed E-state index contributed by atoms with van der Waals surface area (Å²) in [5.41, 5.74) is 1.42. The van der Waals surface area contributed by atoms with Crippen molar-refractivity contribution in [2.45, 2.75) is 39.7 Å². The van der Waals surface area contributed by atoms with Gasteiger partial charge < -0.3 is 10.2 Å². The number of unbranched alkanes of at least 4 members (excludes halogenated alkanes) is 2. The van der Waals surface area contributed by atoms with Gasteiger partial charge in [0.2, 0.25) is 0 Å². The molecule has 1 aromatic rings. The van der Waals surface area contributed by atoms with Gasteiger partial charge in [-0.3, -0.25) is 0 Å². The summed E-state index contributed by atoms with van der Waals surface area (Å²) in [4.78, 5) is 3.89. The van der Waals surface area contributed by atoms with Crippen LogP contribution in [0.25, 0.3) is 0 Å². The van der Waals surface area contributed by atoms with Gasteiger partial charge in [0.05, 0.1) is 0 Å². The van der Waals surface area contributed by atoms with E-state index in [9.17, 15) is 0 Å². The van der Waals surface area contributed by atoms with Crippen molar-refractivity contribution in [1.82, 2.24) is 10.2 Å². The molecule has 0 amide bonds. The summed E-state index contributed by atoms with van der Waals surface area (Å²) < 4.78 is 0. The number of thiophene rings is 1. The molecule has 2 nitrogen and oxygen atoms in total. The van der Waals surface area contributed by atoms with Crippen LogP contribution in [0.4, 0.5) is 0 Å². The van der Waals surface area contributed by atoms with Gasteiger partial charge in [0.25, 0.3) is 0 Å². The average Bonchev–Trinajstić information content (AvgIpc) is 2.71. The zero-order valence-electron chi connectivity index (χ0n) is 11.5. The van der Waals surface area contributed by atoms with Crippen LogP contribution >= 0.6 is 11.3 Å². The molecule has 0 aromatic carbocycles. The van der Waals surface area contributed by atoms with Crippen LogP contribution in [0.3, 0.4) is 0 Å². The first-order chi connectivity index (χ1) is 8.24. The van der Waals surface area contributed by atoms with Crippen LogP contribution in [0.2, 0.25) is 0 Å². The van der Waals surface area contributed by atoms with Crippen LogP contribution in [0, 0.1) is 6.92 Å². The highest BCUT2D eigenvalue weighted by Crippen LogP contribution is 2.14. The van der Waals surface area contributed by atoms with Gasteiger partial charge in [-0.2, -0.15) is 0 Å². The van der Waals surface area contributed by atoms with Gasteiger partial charge >= 0.3 is 0 Å². The first kappa shape index (κ1) is 14.7. The summed E-state index contributed by atoms with van der Waals surface area (Å²) in [7, 11) is 2.22. The highest BCUT2D eigenvalue weighted by Gasteiger charge is 2.00. The van der Waals surface area contributed by atoms with Crippen LogP contribution in [0.5, 0.6) is 0 Å². The van der Waals surface area contributed by atoms with E-state index in [0.717, 1.165) is 19.6 Å². The summed E-state index contributed by atoms with van der Waals surface area (Å²) in [6.07, 6.45) is 3.99. The van der Waals surface area contributed by atoms with Crippen molar-refractivity contribution >= 4 is 11.3 Å². The molecule has 98 valence electrons. The quantitative estimate of drug-likeness (QED) is 0.680. The van der Waals surface area contributed by atoms with E-state index in [1.807, 2.05) is 11.3 Å². The van der Waals surface area contributed by atoms with Gasteiger partial charge in [-0.15, -0.1) is 11.3 Å². The summed E-state index contributed by atoms with van der Waals surface area (Å²) in [5.74, 6) is 0. The van der Waals surface area contributed by atoms with E-state index in [-0.39, 0.29) is 0 Å². The molecule has 0 unspecified atom stereocenters. The van der Waals surface area contributed by atoms with Crippen LogP contribution in [0.1, 0.15) is 36.6 Å². The van der Waals surface area contributed by atoms with Crippen molar-refractivity contribution in [2.75, 3.05) is 26.7 Å². The van der Waals surface area contributed by atoms with Gasteiger partial charge in [0.1, 0.15) is 0 Å². The summed E-state index contributed by atoms with van der Waals surface area (Å²) >= 11 is 1.85. The molecule has 0 atom stereocenters. The molecule has 1 aromatic heterocycles. The molecule has 0 aliphatic heterocycles. The Bertz CT molecular complexity index is 296. The average molecular weight is 254 g/mol. The fourth-order valence-electron chi connectivity index (χ4n) is 1.80. The van der Waals surface area contributed by atoms with Crippen LogP contribution < -0.4 is 5.32 Å². The molecule has 0 spiro atoms. The first-order valence-electron chi connectivity index (χ1n) is 6.66. The van der Waals surface area contributed by atoms with E-state index in [4.69, 9.17) is 0 Å². The minimum atomic E-state index is 1.02. The number of hydrogen-bond donors (Lipinski definition) is 1. The molecule has 0 aliphatic carbocycles. The molecule has 0 aliphatic rings. The number of likely N-dealkylation sites (N-methyl/N-ethyl adjacent to an activating group) is 1. The van der Waals surface area contributed by atoms with Crippen molar-refractivity contribution in [2.24, 2.45) is 0 Å². The van der Waals surface area contributed by atoms with E-state index >= 15 is 0 Å². The lowest BCUT2D eigenvalue weighted by atomic mass is 10.2. The third-order valence-corrected chi connectivity index (χ3v) is 4.09. The predicted octanol–water partition coefficient (Wildman–Crippen LogP) is 3.27. The van der Waals surface area contributed by atoms with E-state index in [0.29, 0.717) is 0 Å². The Morgan fingerprint density at radius 1 is 1.29 bits per heavy atom. The molecule has 3 heteroatoms. The highest BCUT2D eigenvalue weighted by molar-refractivity contribution is 7.10. The molecular weight excluding hydrogens is 228 g/mol. The topological polar surface area (TPSA) is 15.3 Å². The molecule has 0 radical (unpaired) electrons. The molecule has 0 saturated heterocycles. The maximum Gasteiger partial charge on any atom is 0.0302 e. The Labute approximate surface area is 110 Å². The highest BCUT2D eigenvalue weighted by atomic mass is 32.1. The van der Waals surface area contributed by atoms with Crippen molar-refractivity contribution < 1.29 is 0 Å². The van der Waals surface area contributed by atoms with Gasteiger partial charge in [0.15, 0.2) is 0 Å². The standard InChI is InChI=1S/C14H26N2S/c1-4-5-6-9-16(3)10-8-15-12-14-13(2)7-11-17-14/h7,11,15H,4-6,8-10,12H2,1-3H3. The summed E-state index contributed by atoms with van der Waals surface area (Å²) in [6.45, 7) is 8.92. The van der Waals surface area contributed by atoms with Crippen molar-refractivity contribution in [1.29, 1.82) is 0 Å². The second-order valence-electron chi connectivity index (χ2n) is 4.71. The van der Waals surface area contributed by atoms with Crippen LogP contribution in [-0.4, -0.2) is 31.6 Å². The molecular formula is C14H26N2S. The molecule has 1 rings (SSSR count). The van der Waals surface area contributed by atoms with Crippen molar-refractivity contribution in [3.63, 3.8) is 0 Å². The Balaban J connectivity index is 2.02. The second kappa shape index (κ2) is 8.67. The Hall–Kier alpha value is -0.380. The Morgan fingerprint density at radius 3 is 2.76 bits per heavy atom. The second-order valence-corrected chi connectivity index (χ2v) is 5.71. The fraction of sp³-hybridized carbons (Fsp3) is 0.714. The lowest BCUT2D eigenvalue weighted by Gasteiger charge is -2.16. The lowest BCUT2D eigenvalue weighted by Crippen LogP contribution is -2.29. The number of rotatable bonds is 9. The third kappa shape index (κ3) is 6.20. The molecule has 0 bridgehead atoms. The van der Waals surface area contributed by atoms with E-state index in [2.05, 4.69) is 42.6 Å². The number of aryl methyl sites for hydroxylation is 1. The van der Waals surface area contributed by atoms with Crippen LogP contribution in [-0.2, 0) is 6.54 Å². The molecule has 1 heterocycles. The van der Waals surface area contributed by atoms with E-state index in [1.54, 1.807) is 0 Å². The van der Waals surface area contributed by atoms with Crippen molar-refractivity contribution in [3.8, 4) is 0 Å².